The Balaban J connectivity index is 1.80. The van der Waals surface area contributed by atoms with Crippen LogP contribution in [-0.2, 0) is 16.0 Å². The molecular formula is C24H34O5. The number of carbonyl (C=O) groups is 1. The van der Waals surface area contributed by atoms with Gasteiger partial charge in [-0.05, 0) is 43.6 Å². The quantitative estimate of drug-likeness (QED) is 0.301. The molecule has 1 aliphatic carbocycles. The van der Waals surface area contributed by atoms with Crippen LogP contribution in [0.2, 0.25) is 0 Å². The molecule has 1 fully saturated rings. The van der Waals surface area contributed by atoms with Crippen molar-refractivity contribution in [2.45, 2.75) is 63.3 Å². The molecule has 1 aromatic carbocycles. The van der Waals surface area contributed by atoms with E-state index in [1.807, 2.05) is 48.6 Å². The molecule has 1 aromatic rings. The minimum atomic E-state index is -0.597. The minimum Gasteiger partial charge on any atom is -0.469 e. The van der Waals surface area contributed by atoms with Gasteiger partial charge in [0.1, 0.15) is 0 Å². The largest absolute Gasteiger partial charge is 0.469 e. The molecule has 0 aromatic heterocycles. The first kappa shape index (κ1) is 23.3. The first-order valence-electron chi connectivity index (χ1n) is 10.5. The van der Waals surface area contributed by atoms with Crippen LogP contribution in [0.25, 0.3) is 0 Å². The van der Waals surface area contributed by atoms with Crippen molar-refractivity contribution in [3.63, 3.8) is 0 Å². The maximum absolute atomic E-state index is 11.1. The van der Waals surface area contributed by atoms with Crippen molar-refractivity contribution < 1.29 is 24.9 Å². The smallest absolute Gasteiger partial charge is 0.305 e. The Bertz CT molecular complexity index is 654. The molecule has 1 aliphatic rings. The van der Waals surface area contributed by atoms with Crippen molar-refractivity contribution >= 4 is 5.97 Å². The standard InChI is InChI=1S/C24H34O5/c1-29-24(28)12-8-3-2-7-11-20-21(23(27)17-22(20)26)16-15-19(25)14-13-18-9-5-4-6-10-18/h2,4-7,9-10,15-16,19-23,25-27H,3,8,11-14,17H2,1H3/b7-2-,16-15+/t19-,20+,21+,22?,23+/m0/s1. The third-order valence-corrected chi connectivity index (χ3v) is 5.60. The van der Waals surface area contributed by atoms with Gasteiger partial charge in [-0.3, -0.25) is 4.79 Å². The van der Waals surface area contributed by atoms with Gasteiger partial charge < -0.3 is 20.1 Å². The van der Waals surface area contributed by atoms with Crippen LogP contribution in [-0.4, -0.2) is 46.7 Å². The average molecular weight is 403 g/mol. The Kier molecular flexibility index (Phi) is 10.1. The van der Waals surface area contributed by atoms with Gasteiger partial charge in [-0.2, -0.15) is 0 Å². The normalized spacial score (nSPS) is 25.7. The number of aliphatic hydroxyl groups is 3. The highest BCUT2D eigenvalue weighted by Crippen LogP contribution is 2.36. The van der Waals surface area contributed by atoms with Crippen LogP contribution in [0.4, 0.5) is 0 Å². The van der Waals surface area contributed by atoms with Gasteiger partial charge in [0.25, 0.3) is 0 Å². The second kappa shape index (κ2) is 12.6. The topological polar surface area (TPSA) is 87.0 Å². The molecule has 0 amide bonds. The zero-order valence-corrected chi connectivity index (χ0v) is 17.2. The number of carbonyl (C=O) groups excluding carboxylic acids is 1. The molecule has 3 N–H and O–H groups in total. The van der Waals surface area contributed by atoms with E-state index in [9.17, 15) is 20.1 Å². The van der Waals surface area contributed by atoms with Crippen molar-refractivity contribution in [2.24, 2.45) is 11.8 Å². The summed E-state index contributed by atoms with van der Waals surface area (Å²) in [5, 5.41) is 30.9. The number of hydrogen-bond acceptors (Lipinski definition) is 5. The summed E-state index contributed by atoms with van der Waals surface area (Å²) in [7, 11) is 1.39. The summed E-state index contributed by atoms with van der Waals surface area (Å²) < 4.78 is 4.61. The number of hydrogen-bond donors (Lipinski definition) is 3. The number of aliphatic hydroxyl groups excluding tert-OH is 3. The zero-order valence-electron chi connectivity index (χ0n) is 17.2. The third kappa shape index (κ3) is 8.13. The van der Waals surface area contributed by atoms with Crippen LogP contribution < -0.4 is 0 Å². The van der Waals surface area contributed by atoms with E-state index in [0.29, 0.717) is 25.7 Å². The van der Waals surface area contributed by atoms with E-state index in [0.717, 1.165) is 19.3 Å². The van der Waals surface area contributed by atoms with Crippen LogP contribution in [0.15, 0.2) is 54.6 Å². The molecule has 5 nitrogen and oxygen atoms in total. The summed E-state index contributed by atoms with van der Waals surface area (Å²) in [5.74, 6) is -0.445. The summed E-state index contributed by atoms with van der Waals surface area (Å²) >= 11 is 0. The number of benzene rings is 1. The summed E-state index contributed by atoms with van der Waals surface area (Å²) in [4.78, 5) is 11.1. The molecule has 0 saturated heterocycles. The average Bonchev–Trinajstić information content (AvgIpc) is 3.00. The molecule has 2 rings (SSSR count). The van der Waals surface area contributed by atoms with Crippen molar-refractivity contribution in [1.82, 2.24) is 0 Å². The predicted molar refractivity (Wildman–Crippen MR) is 113 cm³/mol. The van der Waals surface area contributed by atoms with Crippen molar-refractivity contribution in [2.75, 3.05) is 7.11 Å². The van der Waals surface area contributed by atoms with E-state index in [1.165, 1.54) is 12.7 Å². The lowest BCUT2D eigenvalue weighted by Crippen LogP contribution is -2.20. The number of rotatable bonds is 11. The lowest BCUT2D eigenvalue weighted by Gasteiger charge is -2.19. The first-order chi connectivity index (χ1) is 14.0. The van der Waals surface area contributed by atoms with E-state index < -0.39 is 18.3 Å². The number of unbranched alkanes of at least 4 members (excludes halogenated alkanes) is 1. The fourth-order valence-electron chi connectivity index (χ4n) is 3.86. The molecular weight excluding hydrogens is 368 g/mol. The summed E-state index contributed by atoms with van der Waals surface area (Å²) in [6, 6.07) is 10.0. The molecule has 0 aliphatic heterocycles. The molecule has 1 saturated carbocycles. The van der Waals surface area contributed by atoms with E-state index >= 15 is 0 Å². The van der Waals surface area contributed by atoms with E-state index in [1.54, 1.807) is 6.08 Å². The molecule has 29 heavy (non-hydrogen) atoms. The van der Waals surface area contributed by atoms with Crippen molar-refractivity contribution in [3.8, 4) is 0 Å². The van der Waals surface area contributed by atoms with Gasteiger partial charge in [0.2, 0.25) is 0 Å². The SMILES string of the molecule is COC(=O)CCC/C=C\C[C@H]1C(O)C[C@@H](O)[C@@H]1/C=C/[C@@H](O)CCc1ccccc1. The van der Waals surface area contributed by atoms with E-state index in [4.69, 9.17) is 0 Å². The van der Waals surface area contributed by atoms with Crippen LogP contribution >= 0.6 is 0 Å². The molecule has 0 spiro atoms. The Labute approximate surface area is 173 Å². The molecule has 1 unspecified atom stereocenters. The van der Waals surface area contributed by atoms with Gasteiger partial charge in [-0.1, -0.05) is 54.6 Å². The lowest BCUT2D eigenvalue weighted by molar-refractivity contribution is -0.140. The van der Waals surface area contributed by atoms with Gasteiger partial charge in [0.15, 0.2) is 0 Å². The number of allylic oxidation sites excluding steroid dienone is 2. The molecule has 0 radical (unpaired) electrons. The Morgan fingerprint density at radius 2 is 1.97 bits per heavy atom. The highest BCUT2D eigenvalue weighted by Gasteiger charge is 2.39. The molecule has 5 atom stereocenters. The maximum atomic E-state index is 11.1. The number of esters is 1. The summed E-state index contributed by atoms with van der Waals surface area (Å²) in [5.41, 5.74) is 1.19. The highest BCUT2D eigenvalue weighted by molar-refractivity contribution is 5.69. The van der Waals surface area contributed by atoms with Crippen LogP contribution in [0, 0.1) is 11.8 Å². The molecule has 0 bridgehead atoms. The molecule has 160 valence electrons. The number of ether oxygens (including phenoxy) is 1. The second-order valence-corrected chi connectivity index (χ2v) is 7.76. The Morgan fingerprint density at radius 1 is 1.21 bits per heavy atom. The minimum absolute atomic E-state index is 0.0700. The lowest BCUT2D eigenvalue weighted by atomic mass is 9.89. The summed E-state index contributed by atoms with van der Waals surface area (Å²) in [6.45, 7) is 0. The molecule has 5 heteroatoms. The first-order valence-corrected chi connectivity index (χ1v) is 10.5. The van der Waals surface area contributed by atoms with Gasteiger partial charge in [0.05, 0.1) is 25.4 Å². The van der Waals surface area contributed by atoms with Gasteiger partial charge >= 0.3 is 5.97 Å². The Morgan fingerprint density at radius 3 is 2.69 bits per heavy atom. The maximum Gasteiger partial charge on any atom is 0.305 e. The third-order valence-electron chi connectivity index (χ3n) is 5.60. The van der Waals surface area contributed by atoms with Crippen LogP contribution in [0.3, 0.4) is 0 Å². The number of aryl methyl sites for hydroxylation is 1. The van der Waals surface area contributed by atoms with E-state index in [-0.39, 0.29) is 17.8 Å². The highest BCUT2D eigenvalue weighted by atomic mass is 16.5. The monoisotopic (exact) mass is 402 g/mol. The van der Waals surface area contributed by atoms with Gasteiger partial charge in [-0.15, -0.1) is 0 Å². The predicted octanol–water partition coefficient (Wildman–Crippen LogP) is 3.18. The van der Waals surface area contributed by atoms with Crippen LogP contribution in [0.1, 0.15) is 44.1 Å². The van der Waals surface area contributed by atoms with Crippen molar-refractivity contribution in [1.29, 1.82) is 0 Å². The van der Waals surface area contributed by atoms with Crippen LogP contribution in [0.5, 0.6) is 0 Å². The molecule has 0 heterocycles. The summed E-state index contributed by atoms with van der Waals surface area (Å²) in [6.07, 6.45) is 10.3. The van der Waals surface area contributed by atoms with Gasteiger partial charge in [0, 0.05) is 18.8 Å². The Hall–Kier alpha value is -1.95. The zero-order chi connectivity index (χ0) is 21.1. The van der Waals surface area contributed by atoms with Gasteiger partial charge in [-0.25, -0.2) is 0 Å². The fraction of sp³-hybridized carbons (Fsp3) is 0.542. The second-order valence-electron chi connectivity index (χ2n) is 7.76. The van der Waals surface area contributed by atoms with E-state index in [2.05, 4.69) is 4.74 Å². The van der Waals surface area contributed by atoms with Crippen molar-refractivity contribution in [3.05, 3.63) is 60.2 Å². The fourth-order valence-corrected chi connectivity index (χ4v) is 3.86. The number of methoxy groups -OCH3 is 1.